The molecule has 0 aliphatic carbocycles. The van der Waals surface area contributed by atoms with Crippen molar-refractivity contribution in [3.8, 4) is 11.1 Å². The number of aromatic nitrogens is 3. The highest BCUT2D eigenvalue weighted by Gasteiger charge is 2.45. The molecule has 1 N–H and O–H groups in total. The molecular weight excluding hydrogens is 386 g/mol. The minimum absolute atomic E-state index is 0.0565. The van der Waals surface area contributed by atoms with Gasteiger partial charge in [-0.25, -0.2) is 9.97 Å². The van der Waals surface area contributed by atoms with E-state index in [-0.39, 0.29) is 5.91 Å². The van der Waals surface area contributed by atoms with Crippen molar-refractivity contribution in [3.05, 3.63) is 60.4 Å². The number of nitrogens with zero attached hydrogens (tertiary/aromatic N) is 4. The third kappa shape index (κ3) is 3.29. The predicted octanol–water partition coefficient (Wildman–Crippen LogP) is 3.04. The Hall–Kier alpha value is -2.81. The second-order valence-corrected chi connectivity index (χ2v) is 8.79. The Morgan fingerprint density at radius 1 is 1.07 bits per heavy atom. The summed E-state index contributed by atoms with van der Waals surface area (Å²) in [5, 5.41) is 0. The molecule has 0 saturated heterocycles. The van der Waals surface area contributed by atoms with E-state index in [0.717, 1.165) is 22.4 Å². The van der Waals surface area contributed by atoms with E-state index in [0.29, 0.717) is 16.4 Å². The van der Waals surface area contributed by atoms with Crippen molar-refractivity contribution in [1.82, 2.24) is 19.7 Å². The number of benzene rings is 1. The number of fused-ring (bicyclic) bond motifs is 1. The Labute approximate surface area is 172 Å². The van der Waals surface area contributed by atoms with Gasteiger partial charge in [0.25, 0.3) is 0 Å². The van der Waals surface area contributed by atoms with E-state index in [4.69, 9.17) is 0 Å². The first-order valence-electron chi connectivity index (χ1n) is 9.15. The fourth-order valence-electron chi connectivity index (χ4n) is 3.48. The summed E-state index contributed by atoms with van der Waals surface area (Å²) in [4.78, 5) is 28.2. The summed E-state index contributed by atoms with van der Waals surface area (Å²) in [6.45, 7) is 5.65. The fourth-order valence-corrected chi connectivity index (χ4v) is 4.10. The summed E-state index contributed by atoms with van der Waals surface area (Å²) >= 11 is -1.39. The Morgan fingerprint density at radius 2 is 1.79 bits per heavy atom. The van der Waals surface area contributed by atoms with Gasteiger partial charge in [0.1, 0.15) is 5.82 Å². The highest BCUT2D eigenvalue weighted by molar-refractivity contribution is 7.89. The standard InChI is InChI=1S/C21H21N5O2S/c1-13-24-9-15(10-25-13)14-5-6-18-19(7-14)26(20(27)21(18,2)3)16-8-17(12-23-11-16)29(28)22-4/h5-12,22H,1-4H3. The quantitative estimate of drug-likeness (QED) is 0.668. The molecule has 1 aliphatic rings. The van der Waals surface area contributed by atoms with Crippen LogP contribution in [0.1, 0.15) is 25.2 Å². The molecule has 4 rings (SSSR count). The second kappa shape index (κ2) is 7.22. The number of rotatable bonds is 4. The van der Waals surface area contributed by atoms with Crippen LogP contribution in [0.2, 0.25) is 0 Å². The Bertz CT molecular complexity index is 1080. The molecule has 0 saturated carbocycles. The first-order valence-corrected chi connectivity index (χ1v) is 10.3. The van der Waals surface area contributed by atoms with Crippen LogP contribution in [0.3, 0.4) is 0 Å². The highest BCUT2D eigenvalue weighted by atomic mass is 32.2. The lowest BCUT2D eigenvalue weighted by molar-refractivity contribution is -0.121. The van der Waals surface area contributed by atoms with Gasteiger partial charge in [-0.05, 0) is 38.0 Å². The monoisotopic (exact) mass is 407 g/mol. The summed E-state index contributed by atoms with van der Waals surface area (Å²) in [5.74, 6) is 0.646. The fraction of sp³-hybridized carbons (Fsp3) is 0.238. The zero-order valence-electron chi connectivity index (χ0n) is 16.6. The molecule has 3 heterocycles. The van der Waals surface area contributed by atoms with Crippen molar-refractivity contribution in [3.63, 3.8) is 0 Å². The average Bonchev–Trinajstić information content (AvgIpc) is 2.93. The molecule has 1 aromatic carbocycles. The van der Waals surface area contributed by atoms with Gasteiger partial charge in [-0.1, -0.05) is 12.1 Å². The van der Waals surface area contributed by atoms with E-state index in [1.54, 1.807) is 36.6 Å². The van der Waals surface area contributed by atoms with Crippen molar-refractivity contribution in [1.29, 1.82) is 0 Å². The molecule has 2 aromatic heterocycles. The van der Waals surface area contributed by atoms with Gasteiger partial charge in [-0.15, -0.1) is 4.72 Å². The number of amides is 1. The molecule has 1 atom stereocenters. The van der Waals surface area contributed by atoms with E-state index < -0.39 is 16.8 Å². The molecule has 0 bridgehead atoms. The molecule has 8 heteroatoms. The van der Waals surface area contributed by atoms with E-state index in [1.807, 2.05) is 39.0 Å². The lowest BCUT2D eigenvalue weighted by Gasteiger charge is -2.20. The molecule has 148 valence electrons. The summed E-state index contributed by atoms with van der Waals surface area (Å²) in [6.07, 6.45) is 6.69. The third-order valence-corrected chi connectivity index (χ3v) is 6.14. The average molecular weight is 407 g/mol. The molecule has 29 heavy (non-hydrogen) atoms. The zero-order chi connectivity index (χ0) is 20.8. The molecular formula is C21H21N5O2S. The zero-order valence-corrected chi connectivity index (χ0v) is 17.4. The van der Waals surface area contributed by atoms with E-state index >= 15 is 0 Å². The van der Waals surface area contributed by atoms with Crippen molar-refractivity contribution < 1.29 is 9.35 Å². The maximum atomic E-state index is 13.3. The van der Waals surface area contributed by atoms with Gasteiger partial charge < -0.3 is 4.55 Å². The summed E-state index contributed by atoms with van der Waals surface area (Å²) < 4.78 is 14.8. The number of nitrogens with one attached hydrogen (secondary N) is 1. The molecule has 7 nitrogen and oxygen atoms in total. The van der Waals surface area contributed by atoms with Crippen LogP contribution < -0.4 is 9.62 Å². The first-order chi connectivity index (χ1) is 13.8. The minimum atomic E-state index is -1.39. The van der Waals surface area contributed by atoms with Crippen LogP contribution in [0.5, 0.6) is 0 Å². The number of carbonyl (C=O) groups is 1. The van der Waals surface area contributed by atoms with Crippen LogP contribution in [-0.4, -0.2) is 32.5 Å². The van der Waals surface area contributed by atoms with Crippen molar-refractivity contribution in [2.45, 2.75) is 31.1 Å². The Morgan fingerprint density at radius 3 is 2.48 bits per heavy atom. The van der Waals surface area contributed by atoms with Gasteiger partial charge in [0.15, 0.2) is 4.90 Å². The molecule has 0 radical (unpaired) electrons. The number of hydrogen-bond donors (Lipinski definition) is 1. The van der Waals surface area contributed by atoms with Crippen molar-refractivity contribution >= 4 is 28.6 Å². The Balaban J connectivity index is 1.85. The van der Waals surface area contributed by atoms with Crippen LogP contribution in [0, 0.1) is 6.92 Å². The lowest BCUT2D eigenvalue weighted by Crippen LogP contribution is -2.33. The molecule has 0 fully saturated rings. The molecule has 1 amide bonds. The smallest absolute Gasteiger partial charge is 0.241 e. The van der Waals surface area contributed by atoms with Crippen LogP contribution in [0.25, 0.3) is 11.1 Å². The first kappa shape index (κ1) is 19.5. The number of anilines is 2. The minimum Gasteiger partial charge on any atom is -0.593 e. The van der Waals surface area contributed by atoms with E-state index in [2.05, 4.69) is 19.7 Å². The summed E-state index contributed by atoms with van der Waals surface area (Å²) in [5.41, 5.74) is 3.41. The maximum Gasteiger partial charge on any atom is 0.241 e. The molecule has 0 spiro atoms. The van der Waals surface area contributed by atoms with Crippen LogP contribution >= 0.6 is 0 Å². The van der Waals surface area contributed by atoms with Crippen LogP contribution in [0.4, 0.5) is 11.4 Å². The van der Waals surface area contributed by atoms with Gasteiger partial charge in [0.05, 0.1) is 40.5 Å². The van der Waals surface area contributed by atoms with Gasteiger partial charge in [-0.3, -0.25) is 14.7 Å². The lowest BCUT2D eigenvalue weighted by atomic mass is 9.85. The van der Waals surface area contributed by atoms with Crippen molar-refractivity contribution in [2.24, 2.45) is 0 Å². The number of aryl methyl sites for hydroxylation is 1. The normalized spacial score (nSPS) is 16.0. The second-order valence-electron chi connectivity index (χ2n) is 7.37. The molecule has 1 aliphatic heterocycles. The van der Waals surface area contributed by atoms with E-state index in [9.17, 15) is 9.35 Å². The Kier molecular flexibility index (Phi) is 4.85. The number of pyridine rings is 1. The topological polar surface area (TPSA) is 94.1 Å². The largest absolute Gasteiger partial charge is 0.593 e. The maximum absolute atomic E-state index is 13.3. The van der Waals surface area contributed by atoms with Gasteiger partial charge in [-0.2, -0.15) is 0 Å². The van der Waals surface area contributed by atoms with Gasteiger partial charge >= 0.3 is 0 Å². The molecule has 3 aromatic rings. The van der Waals surface area contributed by atoms with E-state index in [1.165, 1.54) is 6.20 Å². The number of hydrogen-bond acceptors (Lipinski definition) is 6. The van der Waals surface area contributed by atoms with Gasteiger partial charge in [0, 0.05) is 31.1 Å². The summed E-state index contributed by atoms with van der Waals surface area (Å²) in [6, 6.07) is 7.66. The summed E-state index contributed by atoms with van der Waals surface area (Å²) in [7, 11) is 1.61. The van der Waals surface area contributed by atoms with Gasteiger partial charge in [0.2, 0.25) is 5.91 Å². The third-order valence-electron chi connectivity index (χ3n) is 5.12. The van der Waals surface area contributed by atoms with Crippen LogP contribution in [0.15, 0.2) is 53.9 Å². The van der Waals surface area contributed by atoms with Crippen molar-refractivity contribution in [2.75, 3.05) is 11.9 Å². The highest BCUT2D eigenvalue weighted by Crippen LogP contribution is 2.46. The SMILES string of the molecule is CN[S+]([O-])c1cncc(N2C(=O)C(C)(C)c3ccc(-c4cnc(C)nc4)cc32)c1. The molecule has 1 unspecified atom stereocenters. The number of carbonyl (C=O) groups excluding carboxylic acids is 1. The van der Waals surface area contributed by atoms with Crippen LogP contribution in [-0.2, 0) is 21.6 Å². The predicted molar refractivity (Wildman–Crippen MR) is 112 cm³/mol.